The molecule has 0 aliphatic carbocycles. The number of aliphatic hydroxyl groups is 1. The van der Waals surface area contributed by atoms with Gasteiger partial charge in [-0.15, -0.1) is 0 Å². The van der Waals surface area contributed by atoms with Crippen LogP contribution in [0.3, 0.4) is 0 Å². The number of hydrogen-bond donors (Lipinski definition) is 1. The minimum Gasteiger partial charge on any atom is -0.490 e. The number of benzene rings is 1. The summed E-state index contributed by atoms with van der Waals surface area (Å²) in [6.07, 6.45) is 0. The molecule has 2 nitrogen and oxygen atoms in total. The molecular formula is C11H14ClFO2. The molecule has 0 saturated heterocycles. The molecule has 0 bridgehead atoms. The third kappa shape index (κ3) is 2.83. The van der Waals surface area contributed by atoms with E-state index in [1.54, 1.807) is 20.8 Å². The molecule has 0 spiro atoms. The highest BCUT2D eigenvalue weighted by atomic mass is 35.5. The van der Waals surface area contributed by atoms with Gasteiger partial charge in [0.2, 0.25) is 0 Å². The van der Waals surface area contributed by atoms with E-state index < -0.39 is 11.4 Å². The van der Waals surface area contributed by atoms with Crippen LogP contribution in [0.4, 0.5) is 4.39 Å². The van der Waals surface area contributed by atoms with E-state index in [1.165, 1.54) is 12.1 Å². The molecule has 0 aliphatic rings. The monoisotopic (exact) mass is 232 g/mol. The highest BCUT2D eigenvalue weighted by Gasteiger charge is 2.24. The second-order valence-electron chi connectivity index (χ2n) is 3.76. The lowest BCUT2D eigenvalue weighted by atomic mass is 9.97. The maximum Gasteiger partial charge on any atom is 0.166 e. The Morgan fingerprint density at radius 3 is 2.53 bits per heavy atom. The van der Waals surface area contributed by atoms with Crippen molar-refractivity contribution in [3.05, 3.63) is 28.5 Å². The Labute approximate surface area is 93.6 Å². The molecule has 15 heavy (non-hydrogen) atoms. The van der Waals surface area contributed by atoms with Gasteiger partial charge >= 0.3 is 0 Å². The zero-order valence-electron chi connectivity index (χ0n) is 8.97. The van der Waals surface area contributed by atoms with E-state index in [2.05, 4.69) is 0 Å². The van der Waals surface area contributed by atoms with E-state index >= 15 is 0 Å². The third-order valence-corrected chi connectivity index (χ3v) is 2.17. The zero-order chi connectivity index (χ0) is 11.6. The molecule has 1 aromatic carbocycles. The van der Waals surface area contributed by atoms with Crippen molar-refractivity contribution in [2.24, 2.45) is 0 Å². The maximum absolute atomic E-state index is 13.5. The van der Waals surface area contributed by atoms with E-state index in [-0.39, 0.29) is 10.8 Å². The second kappa shape index (κ2) is 4.37. The molecule has 0 amide bonds. The highest BCUT2D eigenvalue weighted by molar-refractivity contribution is 6.30. The first kappa shape index (κ1) is 12.3. The molecule has 0 heterocycles. The quantitative estimate of drug-likeness (QED) is 0.868. The van der Waals surface area contributed by atoms with Crippen molar-refractivity contribution in [2.45, 2.75) is 26.4 Å². The first-order valence-corrected chi connectivity index (χ1v) is 5.08. The molecule has 0 unspecified atom stereocenters. The summed E-state index contributed by atoms with van der Waals surface area (Å²) in [4.78, 5) is 0. The minimum atomic E-state index is -1.18. The molecule has 0 atom stereocenters. The highest BCUT2D eigenvalue weighted by Crippen LogP contribution is 2.34. The zero-order valence-corrected chi connectivity index (χ0v) is 9.73. The van der Waals surface area contributed by atoms with Gasteiger partial charge in [-0.05, 0) is 32.9 Å². The smallest absolute Gasteiger partial charge is 0.166 e. The van der Waals surface area contributed by atoms with E-state index in [9.17, 15) is 9.50 Å². The largest absolute Gasteiger partial charge is 0.490 e. The van der Waals surface area contributed by atoms with Gasteiger partial charge in [0.15, 0.2) is 11.6 Å². The summed E-state index contributed by atoms with van der Waals surface area (Å²) < 4.78 is 18.7. The standard InChI is InChI=1S/C11H14ClFO2/c1-4-15-10-8(11(2,3)14)5-7(12)6-9(10)13/h5-6,14H,4H2,1-3H3. The lowest BCUT2D eigenvalue weighted by Crippen LogP contribution is -2.18. The summed E-state index contributed by atoms with van der Waals surface area (Å²) >= 11 is 5.72. The van der Waals surface area contributed by atoms with Crippen molar-refractivity contribution in [3.63, 3.8) is 0 Å². The number of hydrogen-bond acceptors (Lipinski definition) is 2. The fourth-order valence-electron chi connectivity index (χ4n) is 1.31. The molecule has 0 fully saturated rings. The van der Waals surface area contributed by atoms with E-state index in [1.807, 2.05) is 0 Å². The van der Waals surface area contributed by atoms with Crippen LogP contribution in [0.15, 0.2) is 12.1 Å². The van der Waals surface area contributed by atoms with Crippen LogP contribution in [0.1, 0.15) is 26.3 Å². The summed E-state index contributed by atoms with van der Waals surface area (Å²) in [5, 5.41) is 10.1. The Bertz CT molecular complexity index is 358. The van der Waals surface area contributed by atoms with E-state index in [0.717, 1.165) is 0 Å². The van der Waals surface area contributed by atoms with Crippen molar-refractivity contribution in [2.75, 3.05) is 6.61 Å². The molecule has 1 rings (SSSR count). The van der Waals surface area contributed by atoms with Gasteiger partial charge in [-0.1, -0.05) is 11.6 Å². The average molecular weight is 233 g/mol. The van der Waals surface area contributed by atoms with Gasteiger partial charge in [0, 0.05) is 10.6 Å². The van der Waals surface area contributed by atoms with Crippen LogP contribution in [-0.2, 0) is 5.60 Å². The van der Waals surface area contributed by atoms with Gasteiger partial charge in [0.05, 0.1) is 12.2 Å². The molecule has 1 N–H and O–H groups in total. The number of rotatable bonds is 3. The fraction of sp³-hybridized carbons (Fsp3) is 0.455. The average Bonchev–Trinajstić information content (AvgIpc) is 2.07. The first-order valence-electron chi connectivity index (χ1n) is 4.71. The predicted molar refractivity (Wildman–Crippen MR) is 57.8 cm³/mol. The SMILES string of the molecule is CCOc1c(F)cc(Cl)cc1C(C)(C)O. The Morgan fingerprint density at radius 1 is 1.47 bits per heavy atom. The summed E-state index contributed by atoms with van der Waals surface area (Å²) in [5.41, 5.74) is -0.828. The summed E-state index contributed by atoms with van der Waals surface area (Å²) in [6, 6.07) is 2.68. The third-order valence-electron chi connectivity index (χ3n) is 1.96. The normalized spacial score (nSPS) is 11.6. The number of halogens is 2. The van der Waals surface area contributed by atoms with E-state index in [0.29, 0.717) is 12.2 Å². The van der Waals surface area contributed by atoms with Gasteiger partial charge < -0.3 is 9.84 Å². The Hall–Kier alpha value is -0.800. The summed E-state index contributed by atoms with van der Waals surface area (Å²) in [6.45, 7) is 5.20. The van der Waals surface area contributed by atoms with Crippen molar-refractivity contribution in [1.29, 1.82) is 0 Å². The predicted octanol–water partition coefficient (Wildman–Crippen LogP) is 3.11. The molecule has 0 radical (unpaired) electrons. The Morgan fingerprint density at radius 2 is 2.07 bits per heavy atom. The van der Waals surface area contributed by atoms with Crippen LogP contribution in [0.2, 0.25) is 5.02 Å². The van der Waals surface area contributed by atoms with Crippen molar-refractivity contribution >= 4 is 11.6 Å². The molecule has 4 heteroatoms. The van der Waals surface area contributed by atoms with E-state index in [4.69, 9.17) is 16.3 Å². The molecular weight excluding hydrogens is 219 g/mol. The van der Waals surface area contributed by atoms with Crippen LogP contribution in [0.25, 0.3) is 0 Å². The molecule has 0 saturated carbocycles. The van der Waals surface area contributed by atoms with Gasteiger partial charge in [-0.25, -0.2) is 4.39 Å². The van der Waals surface area contributed by atoms with Gasteiger partial charge in [0.1, 0.15) is 0 Å². The van der Waals surface area contributed by atoms with Crippen LogP contribution >= 0.6 is 11.6 Å². The van der Waals surface area contributed by atoms with Crippen LogP contribution < -0.4 is 4.74 Å². The van der Waals surface area contributed by atoms with Gasteiger partial charge in [0.25, 0.3) is 0 Å². The van der Waals surface area contributed by atoms with Crippen molar-refractivity contribution in [1.82, 2.24) is 0 Å². The van der Waals surface area contributed by atoms with Crippen molar-refractivity contribution in [3.8, 4) is 5.75 Å². The van der Waals surface area contributed by atoms with Gasteiger partial charge in [-0.2, -0.15) is 0 Å². The fourth-order valence-corrected chi connectivity index (χ4v) is 1.51. The lowest BCUT2D eigenvalue weighted by molar-refractivity contribution is 0.0741. The van der Waals surface area contributed by atoms with Crippen LogP contribution in [0, 0.1) is 5.82 Å². The topological polar surface area (TPSA) is 29.5 Å². The summed E-state index contributed by atoms with van der Waals surface area (Å²) in [5.74, 6) is -0.490. The van der Waals surface area contributed by atoms with Crippen molar-refractivity contribution < 1.29 is 14.2 Å². The first-order chi connectivity index (χ1) is 6.86. The summed E-state index contributed by atoms with van der Waals surface area (Å²) in [7, 11) is 0. The number of ether oxygens (including phenoxy) is 1. The minimum absolute atomic E-state index is 0.0643. The maximum atomic E-state index is 13.5. The van der Waals surface area contributed by atoms with Gasteiger partial charge in [-0.3, -0.25) is 0 Å². The molecule has 0 aliphatic heterocycles. The molecule has 1 aromatic rings. The Kier molecular flexibility index (Phi) is 3.58. The molecule has 0 aromatic heterocycles. The second-order valence-corrected chi connectivity index (χ2v) is 4.19. The lowest BCUT2D eigenvalue weighted by Gasteiger charge is -2.22. The molecule has 84 valence electrons. The van der Waals surface area contributed by atoms with Crippen LogP contribution in [-0.4, -0.2) is 11.7 Å². The van der Waals surface area contributed by atoms with Crippen LogP contribution in [0.5, 0.6) is 5.75 Å². The Balaban J connectivity index is 3.33.